The van der Waals surface area contributed by atoms with E-state index in [-0.39, 0.29) is 11.9 Å². The lowest BCUT2D eigenvalue weighted by Gasteiger charge is -2.10. The fourth-order valence-electron chi connectivity index (χ4n) is 1.49. The van der Waals surface area contributed by atoms with Crippen LogP contribution in [0.5, 0.6) is 0 Å². The molecule has 0 bridgehead atoms. The van der Waals surface area contributed by atoms with Crippen molar-refractivity contribution in [2.75, 3.05) is 19.6 Å². The summed E-state index contributed by atoms with van der Waals surface area (Å²) in [6.07, 6.45) is 3.45. The third-order valence-corrected chi connectivity index (χ3v) is 2.26. The molecule has 5 heteroatoms. The predicted octanol–water partition coefficient (Wildman–Crippen LogP) is -1.01. The van der Waals surface area contributed by atoms with Crippen molar-refractivity contribution in [1.82, 2.24) is 16.0 Å². The molecule has 0 aromatic rings. The highest BCUT2D eigenvalue weighted by Gasteiger charge is 2.20. The molecule has 1 atom stereocenters. The van der Waals surface area contributed by atoms with Crippen molar-refractivity contribution in [2.24, 2.45) is 0 Å². The lowest BCUT2D eigenvalue weighted by molar-refractivity contribution is -0.122. The van der Waals surface area contributed by atoms with Gasteiger partial charge in [-0.2, -0.15) is 0 Å². The van der Waals surface area contributed by atoms with Gasteiger partial charge in [0.25, 0.3) is 0 Å². The molecule has 1 aliphatic rings. The maximum Gasteiger partial charge on any atom is 0.237 e. The van der Waals surface area contributed by atoms with Gasteiger partial charge in [0.15, 0.2) is 0 Å². The van der Waals surface area contributed by atoms with Gasteiger partial charge in [0.1, 0.15) is 0 Å². The van der Waals surface area contributed by atoms with Gasteiger partial charge in [0.2, 0.25) is 12.3 Å². The van der Waals surface area contributed by atoms with E-state index in [0.717, 1.165) is 25.8 Å². The predicted molar refractivity (Wildman–Crippen MR) is 52.7 cm³/mol. The summed E-state index contributed by atoms with van der Waals surface area (Å²) < 4.78 is 0. The monoisotopic (exact) mass is 199 g/mol. The Kier molecular flexibility index (Phi) is 4.99. The molecular weight excluding hydrogens is 182 g/mol. The average molecular weight is 199 g/mol. The third-order valence-electron chi connectivity index (χ3n) is 2.26. The van der Waals surface area contributed by atoms with Gasteiger partial charge in [-0.1, -0.05) is 0 Å². The van der Waals surface area contributed by atoms with E-state index in [1.807, 2.05) is 0 Å². The zero-order valence-corrected chi connectivity index (χ0v) is 8.21. The van der Waals surface area contributed by atoms with Crippen LogP contribution in [0, 0.1) is 0 Å². The highest BCUT2D eigenvalue weighted by molar-refractivity contribution is 5.81. The largest absolute Gasteiger partial charge is 0.359 e. The summed E-state index contributed by atoms with van der Waals surface area (Å²) in [6.45, 7) is 2.17. The molecular formula is C9H17N3O2. The van der Waals surface area contributed by atoms with Crippen molar-refractivity contribution in [3.8, 4) is 0 Å². The summed E-state index contributed by atoms with van der Waals surface area (Å²) in [5, 5.41) is 8.49. The van der Waals surface area contributed by atoms with E-state index in [9.17, 15) is 9.59 Å². The fraction of sp³-hybridized carbons (Fsp3) is 0.778. The molecule has 0 radical (unpaired) electrons. The summed E-state index contributed by atoms with van der Waals surface area (Å²) in [4.78, 5) is 21.3. The fourth-order valence-corrected chi connectivity index (χ4v) is 1.49. The van der Waals surface area contributed by atoms with E-state index < -0.39 is 0 Å². The van der Waals surface area contributed by atoms with E-state index in [4.69, 9.17) is 0 Å². The van der Waals surface area contributed by atoms with Crippen molar-refractivity contribution in [3.05, 3.63) is 0 Å². The molecule has 1 rings (SSSR count). The van der Waals surface area contributed by atoms with Gasteiger partial charge in [-0.25, -0.2) is 0 Å². The second-order valence-electron chi connectivity index (χ2n) is 3.37. The SMILES string of the molecule is O=CNCCCNC(=O)C1CCCN1. The summed E-state index contributed by atoms with van der Waals surface area (Å²) in [7, 11) is 0. The minimum Gasteiger partial charge on any atom is -0.359 e. The highest BCUT2D eigenvalue weighted by Crippen LogP contribution is 2.04. The van der Waals surface area contributed by atoms with Gasteiger partial charge in [-0.3, -0.25) is 9.59 Å². The number of carbonyl (C=O) groups excluding carboxylic acids is 2. The molecule has 0 saturated carbocycles. The Labute approximate surface area is 83.6 Å². The van der Waals surface area contributed by atoms with Gasteiger partial charge in [0.05, 0.1) is 6.04 Å². The smallest absolute Gasteiger partial charge is 0.237 e. The summed E-state index contributed by atoms with van der Waals surface area (Å²) in [5.74, 6) is 0.0774. The van der Waals surface area contributed by atoms with Crippen molar-refractivity contribution in [3.63, 3.8) is 0 Å². The van der Waals surface area contributed by atoms with Gasteiger partial charge in [-0.15, -0.1) is 0 Å². The average Bonchev–Trinajstić information content (AvgIpc) is 2.70. The molecule has 0 spiro atoms. The number of amides is 2. The van der Waals surface area contributed by atoms with Crippen molar-refractivity contribution in [2.45, 2.75) is 25.3 Å². The Morgan fingerprint density at radius 2 is 2.36 bits per heavy atom. The van der Waals surface area contributed by atoms with Crippen LogP contribution in [0.25, 0.3) is 0 Å². The Morgan fingerprint density at radius 1 is 1.50 bits per heavy atom. The number of carbonyl (C=O) groups is 2. The van der Waals surface area contributed by atoms with E-state index in [2.05, 4.69) is 16.0 Å². The van der Waals surface area contributed by atoms with Crippen molar-refractivity contribution in [1.29, 1.82) is 0 Å². The molecule has 3 N–H and O–H groups in total. The van der Waals surface area contributed by atoms with Crippen LogP contribution in [0.15, 0.2) is 0 Å². The first kappa shape index (κ1) is 11.0. The number of hydrogen-bond acceptors (Lipinski definition) is 3. The first-order valence-corrected chi connectivity index (χ1v) is 5.02. The number of hydrogen-bond donors (Lipinski definition) is 3. The van der Waals surface area contributed by atoms with Crippen LogP contribution in [0.4, 0.5) is 0 Å². The maximum atomic E-state index is 11.4. The molecule has 1 aliphatic heterocycles. The van der Waals surface area contributed by atoms with Crippen LogP contribution < -0.4 is 16.0 Å². The van der Waals surface area contributed by atoms with Gasteiger partial charge in [0, 0.05) is 13.1 Å². The minimum atomic E-state index is -0.00553. The van der Waals surface area contributed by atoms with Crippen LogP contribution >= 0.6 is 0 Å². The summed E-state index contributed by atoms with van der Waals surface area (Å²) in [6, 6.07) is -0.00553. The van der Waals surface area contributed by atoms with Crippen molar-refractivity contribution >= 4 is 12.3 Å². The second kappa shape index (κ2) is 6.37. The van der Waals surface area contributed by atoms with E-state index >= 15 is 0 Å². The Bertz CT molecular complexity index is 190. The van der Waals surface area contributed by atoms with E-state index in [0.29, 0.717) is 19.5 Å². The number of rotatable bonds is 6. The van der Waals surface area contributed by atoms with Crippen LogP contribution in [0.2, 0.25) is 0 Å². The minimum absolute atomic E-state index is 0.00553. The van der Waals surface area contributed by atoms with Crippen LogP contribution in [-0.2, 0) is 9.59 Å². The van der Waals surface area contributed by atoms with Crippen LogP contribution in [0.1, 0.15) is 19.3 Å². The first-order valence-electron chi connectivity index (χ1n) is 5.02. The first-order chi connectivity index (χ1) is 6.84. The maximum absolute atomic E-state index is 11.4. The highest BCUT2D eigenvalue weighted by atomic mass is 16.2. The molecule has 0 aromatic heterocycles. The summed E-state index contributed by atoms with van der Waals surface area (Å²) in [5.41, 5.74) is 0. The second-order valence-corrected chi connectivity index (χ2v) is 3.37. The standard InChI is InChI=1S/C9H17N3O2/c13-7-10-4-2-6-12-9(14)8-3-1-5-11-8/h7-8,11H,1-6H2,(H,10,13)(H,12,14). The van der Waals surface area contributed by atoms with E-state index in [1.165, 1.54) is 0 Å². The molecule has 0 aliphatic carbocycles. The normalized spacial score (nSPS) is 20.4. The molecule has 5 nitrogen and oxygen atoms in total. The van der Waals surface area contributed by atoms with Gasteiger partial charge < -0.3 is 16.0 Å². The molecule has 1 unspecified atom stereocenters. The number of nitrogens with one attached hydrogen (secondary N) is 3. The zero-order chi connectivity index (χ0) is 10.2. The lowest BCUT2D eigenvalue weighted by Crippen LogP contribution is -2.41. The Balaban J connectivity index is 2.00. The lowest BCUT2D eigenvalue weighted by atomic mass is 10.2. The van der Waals surface area contributed by atoms with Crippen LogP contribution in [-0.4, -0.2) is 38.0 Å². The van der Waals surface area contributed by atoms with Gasteiger partial charge in [-0.05, 0) is 25.8 Å². The molecule has 0 aromatic carbocycles. The third kappa shape index (κ3) is 3.74. The molecule has 1 fully saturated rings. The van der Waals surface area contributed by atoms with E-state index in [1.54, 1.807) is 0 Å². The Hall–Kier alpha value is -1.10. The molecule has 1 saturated heterocycles. The van der Waals surface area contributed by atoms with Gasteiger partial charge >= 0.3 is 0 Å². The summed E-state index contributed by atoms with van der Waals surface area (Å²) >= 11 is 0. The van der Waals surface area contributed by atoms with Crippen molar-refractivity contribution < 1.29 is 9.59 Å². The molecule has 2 amide bonds. The quantitative estimate of drug-likeness (QED) is 0.379. The zero-order valence-electron chi connectivity index (χ0n) is 8.21. The molecule has 14 heavy (non-hydrogen) atoms. The van der Waals surface area contributed by atoms with Crippen LogP contribution in [0.3, 0.4) is 0 Å². The Morgan fingerprint density at radius 3 is 3.00 bits per heavy atom. The molecule has 1 heterocycles. The molecule has 80 valence electrons. The topological polar surface area (TPSA) is 70.2 Å².